The number of rotatable bonds is 1. The smallest absolute Gasteiger partial charge is 0.219 e. The third-order valence-electron chi connectivity index (χ3n) is 3.33. The Hall–Kier alpha value is -0.610. The highest BCUT2D eigenvalue weighted by Crippen LogP contribution is 2.35. The van der Waals surface area contributed by atoms with E-state index in [2.05, 4.69) is 5.43 Å². The zero-order valence-corrected chi connectivity index (χ0v) is 7.99. The number of nitrogens with one attached hydrogen (secondary N) is 1. The quantitative estimate of drug-likeness (QED) is 0.444. The van der Waals surface area contributed by atoms with E-state index in [1.165, 1.54) is 0 Å². The second-order valence-corrected chi connectivity index (χ2v) is 4.15. The number of hydrazine groups is 1. The largest absolute Gasteiger partial charge is 0.337 e. The molecule has 0 radical (unpaired) electrons. The highest BCUT2D eigenvalue weighted by molar-refractivity contribution is 5.74. The highest BCUT2D eigenvalue weighted by Gasteiger charge is 2.41. The molecule has 0 aromatic rings. The maximum atomic E-state index is 11.3. The van der Waals surface area contributed by atoms with Gasteiger partial charge in [0.25, 0.3) is 0 Å². The van der Waals surface area contributed by atoms with Crippen LogP contribution in [0.25, 0.3) is 0 Å². The van der Waals surface area contributed by atoms with Gasteiger partial charge in [-0.1, -0.05) is 0 Å². The lowest BCUT2D eigenvalue weighted by Crippen LogP contribution is -2.52. The summed E-state index contributed by atoms with van der Waals surface area (Å²) in [6.07, 6.45) is 4.35. The van der Waals surface area contributed by atoms with Crippen LogP contribution in [0.2, 0.25) is 0 Å². The van der Waals surface area contributed by atoms with Gasteiger partial charge in [-0.2, -0.15) is 0 Å². The summed E-state index contributed by atoms with van der Waals surface area (Å²) in [5.74, 6) is 5.65. The normalized spacial score (nSPS) is 38.0. The van der Waals surface area contributed by atoms with Crippen molar-refractivity contribution in [3.63, 3.8) is 0 Å². The summed E-state index contributed by atoms with van der Waals surface area (Å²) in [5.41, 5.74) is 2.83. The van der Waals surface area contributed by atoms with Crippen molar-refractivity contribution in [3.05, 3.63) is 0 Å². The summed E-state index contributed by atoms with van der Waals surface area (Å²) in [5, 5.41) is 0. The lowest BCUT2D eigenvalue weighted by molar-refractivity contribution is -0.133. The molecule has 13 heavy (non-hydrogen) atoms. The fourth-order valence-corrected chi connectivity index (χ4v) is 2.83. The van der Waals surface area contributed by atoms with Crippen LogP contribution in [0, 0.1) is 0 Å². The minimum Gasteiger partial charge on any atom is -0.337 e. The second kappa shape index (κ2) is 3.27. The number of amides is 1. The molecule has 2 saturated heterocycles. The molecule has 2 bridgehead atoms. The maximum Gasteiger partial charge on any atom is 0.219 e. The van der Waals surface area contributed by atoms with Gasteiger partial charge >= 0.3 is 0 Å². The minimum atomic E-state index is 0.225. The van der Waals surface area contributed by atoms with Crippen LogP contribution in [0.15, 0.2) is 0 Å². The third-order valence-corrected chi connectivity index (χ3v) is 3.33. The molecule has 2 aliphatic heterocycles. The Kier molecular flexibility index (Phi) is 2.26. The molecule has 0 saturated carbocycles. The van der Waals surface area contributed by atoms with E-state index in [-0.39, 0.29) is 5.91 Å². The van der Waals surface area contributed by atoms with Crippen molar-refractivity contribution >= 4 is 5.91 Å². The summed E-state index contributed by atoms with van der Waals surface area (Å²) in [6.45, 7) is 1.67. The number of hydrogen-bond donors (Lipinski definition) is 2. The Morgan fingerprint density at radius 1 is 1.38 bits per heavy atom. The summed E-state index contributed by atoms with van der Waals surface area (Å²) < 4.78 is 0. The van der Waals surface area contributed by atoms with Crippen LogP contribution >= 0.6 is 0 Å². The lowest BCUT2D eigenvalue weighted by atomic mass is 9.98. The monoisotopic (exact) mass is 183 g/mol. The van der Waals surface area contributed by atoms with Crippen molar-refractivity contribution < 1.29 is 4.79 Å². The van der Waals surface area contributed by atoms with Crippen LogP contribution in [-0.2, 0) is 4.79 Å². The van der Waals surface area contributed by atoms with E-state index >= 15 is 0 Å². The Balaban J connectivity index is 2.08. The molecular formula is C9H17N3O. The van der Waals surface area contributed by atoms with E-state index in [9.17, 15) is 4.79 Å². The third kappa shape index (κ3) is 1.44. The van der Waals surface area contributed by atoms with E-state index in [0.29, 0.717) is 18.1 Å². The van der Waals surface area contributed by atoms with E-state index < -0.39 is 0 Å². The molecular weight excluding hydrogens is 166 g/mol. The van der Waals surface area contributed by atoms with Crippen molar-refractivity contribution in [2.75, 3.05) is 0 Å². The molecule has 74 valence electrons. The fourth-order valence-electron chi connectivity index (χ4n) is 2.83. The predicted octanol–water partition coefficient (Wildman–Crippen LogP) is -0.00840. The van der Waals surface area contributed by atoms with E-state index in [4.69, 9.17) is 5.84 Å². The first-order valence-corrected chi connectivity index (χ1v) is 4.97. The maximum absolute atomic E-state index is 11.3. The van der Waals surface area contributed by atoms with Crippen molar-refractivity contribution in [2.24, 2.45) is 5.84 Å². The first kappa shape index (κ1) is 8.97. The number of carbonyl (C=O) groups excluding carboxylic acids is 1. The molecule has 2 aliphatic rings. The van der Waals surface area contributed by atoms with Gasteiger partial charge in [0.15, 0.2) is 0 Å². The topological polar surface area (TPSA) is 58.4 Å². The van der Waals surface area contributed by atoms with Crippen LogP contribution < -0.4 is 11.3 Å². The van der Waals surface area contributed by atoms with Crippen LogP contribution in [-0.4, -0.2) is 28.9 Å². The van der Waals surface area contributed by atoms with Gasteiger partial charge in [-0.25, -0.2) is 0 Å². The zero-order valence-electron chi connectivity index (χ0n) is 7.99. The van der Waals surface area contributed by atoms with E-state index in [1.54, 1.807) is 6.92 Å². The molecule has 0 spiro atoms. The second-order valence-electron chi connectivity index (χ2n) is 4.15. The average Bonchev–Trinajstić information content (AvgIpc) is 2.37. The van der Waals surface area contributed by atoms with E-state index in [1.807, 2.05) is 4.90 Å². The number of fused-ring (bicyclic) bond motifs is 2. The summed E-state index contributed by atoms with van der Waals surface area (Å²) in [7, 11) is 0. The van der Waals surface area contributed by atoms with Crippen LogP contribution in [0.5, 0.6) is 0 Å². The van der Waals surface area contributed by atoms with Gasteiger partial charge in [0.1, 0.15) is 0 Å². The standard InChI is InChI=1S/C9H17N3O/c1-6(13)12-8-2-3-9(12)5-7(4-8)11-10/h7-9,11H,2-5,10H2,1H3/t7?,8-,9+. The summed E-state index contributed by atoms with van der Waals surface area (Å²) in [4.78, 5) is 13.4. The molecule has 3 N–H and O–H groups in total. The molecule has 2 rings (SSSR count). The highest BCUT2D eigenvalue weighted by atomic mass is 16.2. The minimum absolute atomic E-state index is 0.225. The van der Waals surface area contributed by atoms with Gasteiger partial charge in [-0.05, 0) is 25.7 Å². The molecule has 1 unspecified atom stereocenters. The molecule has 0 aromatic heterocycles. The molecule has 0 aliphatic carbocycles. The van der Waals surface area contributed by atoms with Crippen LogP contribution in [0.1, 0.15) is 32.6 Å². The van der Waals surface area contributed by atoms with Crippen molar-refractivity contribution in [1.29, 1.82) is 0 Å². The van der Waals surface area contributed by atoms with Gasteiger partial charge in [-0.15, -0.1) is 0 Å². The molecule has 4 heteroatoms. The van der Waals surface area contributed by atoms with Gasteiger partial charge < -0.3 is 4.90 Å². The summed E-state index contributed by atoms with van der Waals surface area (Å²) in [6, 6.07) is 1.29. The molecule has 3 atom stereocenters. The number of hydrogen-bond acceptors (Lipinski definition) is 3. The van der Waals surface area contributed by atoms with Crippen LogP contribution in [0.3, 0.4) is 0 Å². The van der Waals surface area contributed by atoms with Crippen molar-refractivity contribution in [2.45, 2.75) is 50.7 Å². The number of piperidine rings is 1. The first-order valence-electron chi connectivity index (χ1n) is 4.97. The zero-order chi connectivity index (χ0) is 9.42. The summed E-state index contributed by atoms with van der Waals surface area (Å²) >= 11 is 0. The van der Waals surface area contributed by atoms with E-state index in [0.717, 1.165) is 25.7 Å². The SMILES string of the molecule is CC(=O)N1[C@@H]2CC[C@H]1CC(NN)C2. The number of nitrogens with zero attached hydrogens (tertiary/aromatic N) is 1. The van der Waals surface area contributed by atoms with Gasteiger partial charge in [-0.3, -0.25) is 16.1 Å². The number of nitrogens with two attached hydrogens (primary N) is 1. The predicted molar refractivity (Wildman–Crippen MR) is 49.7 cm³/mol. The number of carbonyl (C=O) groups is 1. The van der Waals surface area contributed by atoms with Crippen LogP contribution in [0.4, 0.5) is 0 Å². The fraction of sp³-hybridized carbons (Fsp3) is 0.889. The molecule has 4 nitrogen and oxygen atoms in total. The Bertz CT molecular complexity index is 205. The van der Waals surface area contributed by atoms with Gasteiger partial charge in [0.2, 0.25) is 5.91 Å². The van der Waals surface area contributed by atoms with Gasteiger partial charge in [0.05, 0.1) is 0 Å². The molecule has 2 fully saturated rings. The average molecular weight is 183 g/mol. The van der Waals surface area contributed by atoms with Gasteiger partial charge in [0, 0.05) is 25.0 Å². The lowest BCUT2D eigenvalue weighted by Gasteiger charge is -2.38. The molecule has 0 aromatic carbocycles. The first-order chi connectivity index (χ1) is 6.22. The van der Waals surface area contributed by atoms with Crippen molar-refractivity contribution in [1.82, 2.24) is 10.3 Å². The molecule has 2 heterocycles. The Labute approximate surface area is 78.4 Å². The van der Waals surface area contributed by atoms with Crippen molar-refractivity contribution in [3.8, 4) is 0 Å². The Morgan fingerprint density at radius 3 is 2.31 bits per heavy atom. The Morgan fingerprint density at radius 2 is 1.92 bits per heavy atom. The molecule has 1 amide bonds.